The van der Waals surface area contributed by atoms with Gasteiger partial charge in [0, 0.05) is 39.3 Å². The Morgan fingerprint density at radius 2 is 1.85 bits per heavy atom. The van der Waals surface area contributed by atoms with Crippen LogP contribution in [0.15, 0.2) is 70.0 Å². The number of aromatic nitrogens is 2. The average Bonchev–Trinajstić information content (AvgIpc) is 3.68. The number of nitrogens with one attached hydrogen (secondary N) is 3. The van der Waals surface area contributed by atoms with Crippen molar-refractivity contribution in [1.29, 1.82) is 0 Å². The molecule has 2 aromatic carbocycles. The zero-order chi connectivity index (χ0) is 38.8. The molecule has 4 aromatic rings. The van der Waals surface area contributed by atoms with E-state index in [1.807, 2.05) is 17.5 Å². The van der Waals surface area contributed by atoms with Crippen LogP contribution in [0.5, 0.6) is 5.75 Å². The maximum atomic E-state index is 13.6. The average molecular weight is 828 g/mol. The molecule has 0 aliphatic carbocycles. The molecular weight excluding hydrogens is 795 g/mol. The number of β-lactam (4-membered cyclic amide) rings is 1. The van der Waals surface area contributed by atoms with Crippen molar-refractivity contribution < 1.29 is 38.6 Å². The van der Waals surface area contributed by atoms with E-state index in [1.54, 1.807) is 12.1 Å². The van der Waals surface area contributed by atoms with Gasteiger partial charge in [-0.3, -0.25) is 19.3 Å². The predicted molar refractivity (Wildman–Crippen MR) is 205 cm³/mol. The number of hydrogen-bond donors (Lipinski definition) is 4. The number of aliphatic carboxylic acids is 1. The van der Waals surface area contributed by atoms with Crippen LogP contribution in [0.4, 0.5) is 9.59 Å². The minimum atomic E-state index is -1.35. The van der Waals surface area contributed by atoms with Crippen LogP contribution < -0.4 is 20.9 Å². The second-order valence-corrected chi connectivity index (χ2v) is 15.9. The molecule has 2 fully saturated rings. The van der Waals surface area contributed by atoms with Crippen molar-refractivity contribution in [2.45, 2.75) is 43.1 Å². The van der Waals surface area contributed by atoms with Gasteiger partial charge in [-0.15, -0.1) is 23.1 Å². The van der Waals surface area contributed by atoms with Crippen LogP contribution in [0.2, 0.25) is 10.0 Å². The molecule has 4 N–H and O–H groups in total. The van der Waals surface area contributed by atoms with Gasteiger partial charge in [0.2, 0.25) is 5.91 Å². The number of hydrogen-bond acceptors (Lipinski definition) is 11. The summed E-state index contributed by atoms with van der Waals surface area (Å²) in [6.07, 6.45) is 0.620. The Bertz CT molecular complexity index is 2280. The van der Waals surface area contributed by atoms with Crippen LogP contribution >= 0.6 is 46.3 Å². The van der Waals surface area contributed by atoms with E-state index >= 15 is 0 Å². The van der Waals surface area contributed by atoms with Crippen LogP contribution in [0.3, 0.4) is 0 Å². The minimum Gasteiger partial charge on any atom is -0.477 e. The van der Waals surface area contributed by atoms with E-state index in [2.05, 4.69) is 20.6 Å². The maximum Gasteiger partial charge on any atom is 0.415 e. The number of carbonyl (C=O) groups excluding carboxylic acids is 4. The molecule has 286 valence electrons. The van der Waals surface area contributed by atoms with Crippen LogP contribution in [0.25, 0.3) is 22.3 Å². The SMILES string of the molecule is O=C(Cc1cccs1)N[C@@H]1C(=O)N2C(C(=O)O)=C(COC(=O)NCC3CCCCN3C(=O)Oc3ccc(Cl)cc3-c3nc4ccc(Cl)cc4c(=O)[nH]3)CS[C@H]12. The summed E-state index contributed by atoms with van der Waals surface area (Å²) in [6.45, 7) is -0.0235. The number of thiophene rings is 1. The molecule has 7 rings (SSSR count). The summed E-state index contributed by atoms with van der Waals surface area (Å²) < 4.78 is 11.2. The molecule has 55 heavy (non-hydrogen) atoms. The molecule has 3 aliphatic rings. The Morgan fingerprint density at radius 3 is 2.64 bits per heavy atom. The standard InChI is InChI=1S/C36H32Cl2N6O9S2/c37-19-6-8-25-23(12-19)31(46)42-30(40-25)24-13-20(38)7-9-26(24)53-36(51)43-10-2-1-4-21(43)15-39-35(50)52-16-18-17-55-33-28(32(47)44(33)29(18)34(48)49)41-27(45)14-22-5-3-11-54-22/h3,5-9,11-13,21,28,33H,1-2,4,10,14-17H2,(H,39,50)(H,41,45)(H,48,49)(H,40,42,46)/t21?,28-,33-/m1/s1. The highest BCUT2D eigenvalue weighted by molar-refractivity contribution is 8.00. The van der Waals surface area contributed by atoms with Gasteiger partial charge in [-0.1, -0.05) is 29.3 Å². The van der Waals surface area contributed by atoms with E-state index in [-0.39, 0.29) is 65.0 Å². The lowest BCUT2D eigenvalue weighted by atomic mass is 10.0. The molecule has 19 heteroatoms. The number of halogens is 2. The maximum absolute atomic E-state index is 13.6. The molecule has 4 amide bonds. The first-order valence-corrected chi connectivity index (χ1v) is 19.8. The largest absolute Gasteiger partial charge is 0.477 e. The lowest BCUT2D eigenvalue weighted by Gasteiger charge is -2.49. The molecule has 0 bridgehead atoms. The van der Waals surface area contributed by atoms with Gasteiger partial charge in [0.25, 0.3) is 11.5 Å². The fourth-order valence-corrected chi connectivity index (χ4v) is 8.99. The second kappa shape index (κ2) is 16.3. The number of H-pyrrole nitrogens is 1. The number of aromatic amines is 1. The highest BCUT2D eigenvalue weighted by atomic mass is 35.5. The van der Waals surface area contributed by atoms with Crippen molar-refractivity contribution in [2.24, 2.45) is 0 Å². The lowest BCUT2D eigenvalue weighted by molar-refractivity contribution is -0.150. The van der Waals surface area contributed by atoms with Gasteiger partial charge in [0.1, 0.15) is 35.3 Å². The number of piperidine rings is 1. The third-order valence-corrected chi connectivity index (χ3v) is 11.9. The molecular formula is C36H32Cl2N6O9S2. The molecule has 2 saturated heterocycles. The van der Waals surface area contributed by atoms with E-state index in [1.165, 1.54) is 52.3 Å². The van der Waals surface area contributed by atoms with E-state index in [4.69, 9.17) is 32.7 Å². The van der Waals surface area contributed by atoms with E-state index < -0.39 is 47.1 Å². The van der Waals surface area contributed by atoms with Gasteiger partial charge in [-0.05, 0) is 67.1 Å². The predicted octanol–water partition coefficient (Wildman–Crippen LogP) is 5.02. The molecule has 2 aromatic heterocycles. The molecule has 1 unspecified atom stereocenters. The monoisotopic (exact) mass is 826 g/mol. The third kappa shape index (κ3) is 8.29. The Morgan fingerprint density at radius 1 is 1.05 bits per heavy atom. The number of amides is 4. The number of nitrogens with zero attached hydrogens (tertiary/aromatic N) is 3. The van der Waals surface area contributed by atoms with E-state index in [0.717, 1.165) is 16.2 Å². The van der Waals surface area contributed by atoms with Crippen LogP contribution in [-0.2, 0) is 25.5 Å². The van der Waals surface area contributed by atoms with Gasteiger partial charge in [0.05, 0.1) is 28.9 Å². The summed E-state index contributed by atoms with van der Waals surface area (Å²) >= 11 is 15.0. The molecule has 5 heterocycles. The number of carboxylic acid groups (broad SMARTS) is 1. The number of benzene rings is 2. The van der Waals surface area contributed by atoms with Crippen LogP contribution in [0.1, 0.15) is 24.1 Å². The number of rotatable bonds is 10. The number of carbonyl (C=O) groups is 5. The van der Waals surface area contributed by atoms with E-state index in [9.17, 15) is 33.9 Å². The second-order valence-electron chi connectivity index (χ2n) is 12.9. The van der Waals surface area contributed by atoms with Crippen molar-refractivity contribution in [3.8, 4) is 17.1 Å². The highest BCUT2D eigenvalue weighted by Crippen LogP contribution is 2.40. The van der Waals surface area contributed by atoms with Crippen molar-refractivity contribution in [3.05, 3.63) is 90.5 Å². The molecule has 15 nitrogen and oxygen atoms in total. The molecule has 0 radical (unpaired) electrons. The minimum absolute atomic E-state index is 0.0165. The quantitative estimate of drug-likeness (QED) is 0.157. The summed E-state index contributed by atoms with van der Waals surface area (Å²) in [5.41, 5.74) is 0.171. The zero-order valence-electron chi connectivity index (χ0n) is 28.7. The Balaban J connectivity index is 0.964. The number of fused-ring (bicyclic) bond motifs is 2. The van der Waals surface area contributed by atoms with Crippen LogP contribution in [-0.4, -0.2) is 97.8 Å². The third-order valence-electron chi connectivity index (χ3n) is 9.26. The molecule has 3 atom stereocenters. The lowest BCUT2D eigenvalue weighted by Crippen LogP contribution is -2.70. The number of thioether (sulfide) groups is 1. The van der Waals surface area contributed by atoms with Gasteiger partial charge in [0.15, 0.2) is 0 Å². The van der Waals surface area contributed by atoms with Crippen LogP contribution in [0, 0.1) is 0 Å². The first-order chi connectivity index (χ1) is 26.5. The zero-order valence-corrected chi connectivity index (χ0v) is 31.9. The first kappa shape index (κ1) is 38.2. The first-order valence-electron chi connectivity index (χ1n) is 17.1. The van der Waals surface area contributed by atoms with Crippen molar-refractivity contribution in [1.82, 2.24) is 30.4 Å². The van der Waals surface area contributed by atoms with Gasteiger partial charge in [-0.25, -0.2) is 19.4 Å². The Kier molecular flexibility index (Phi) is 11.3. The van der Waals surface area contributed by atoms with Crippen molar-refractivity contribution in [3.63, 3.8) is 0 Å². The fourth-order valence-electron chi connectivity index (χ4n) is 6.62. The molecule has 0 spiro atoms. The molecule has 0 saturated carbocycles. The van der Waals surface area contributed by atoms with E-state index in [0.29, 0.717) is 34.9 Å². The van der Waals surface area contributed by atoms with Crippen molar-refractivity contribution in [2.75, 3.05) is 25.4 Å². The number of ether oxygens (including phenoxy) is 2. The summed E-state index contributed by atoms with van der Waals surface area (Å²) in [4.78, 5) is 87.8. The fraction of sp³-hybridized carbons (Fsp3) is 0.306. The Labute approximate surface area is 331 Å². The van der Waals surface area contributed by atoms with Gasteiger partial charge in [-0.2, -0.15) is 0 Å². The number of likely N-dealkylation sites (tertiary alicyclic amines) is 1. The summed E-state index contributed by atoms with van der Waals surface area (Å²) in [6, 6.07) is 11.6. The normalized spacial score (nSPS) is 19.4. The summed E-state index contributed by atoms with van der Waals surface area (Å²) in [5, 5.41) is 17.6. The topological polar surface area (TPSA) is 200 Å². The van der Waals surface area contributed by atoms with Gasteiger partial charge >= 0.3 is 18.2 Å². The number of alkyl carbamates (subject to hydrolysis) is 1. The smallest absolute Gasteiger partial charge is 0.415 e. The Hall–Kier alpha value is -5.10. The molecule has 3 aliphatic heterocycles. The van der Waals surface area contributed by atoms with Gasteiger partial charge < -0.3 is 35.1 Å². The summed E-state index contributed by atoms with van der Waals surface area (Å²) in [5.74, 6) is -1.85. The highest BCUT2D eigenvalue weighted by Gasteiger charge is 2.54. The summed E-state index contributed by atoms with van der Waals surface area (Å²) in [7, 11) is 0. The van der Waals surface area contributed by atoms with Crippen molar-refractivity contribution >= 4 is 87.2 Å². The number of carboxylic acids is 1.